The first-order valence-electron chi connectivity index (χ1n) is 13.2. The molecule has 1 N–H and O–H groups in total. The van der Waals surface area contributed by atoms with Gasteiger partial charge in [-0.1, -0.05) is 56.3 Å². The standard InChI is InChI=1S/C30H42N2O6/c1-21(2)18-31(27(34)36-20-23-11-9-8-10-12-23)19-26-25(17-22-13-15-24(33)16-14-22)32(30(6,7)37-26)28(35)38-29(3,4)5/h8-16,21,25-26,33H,17-20H2,1-7H3/t25-,26+/m0/s1. The predicted molar refractivity (Wildman–Crippen MR) is 146 cm³/mol. The van der Waals surface area contributed by atoms with Gasteiger partial charge >= 0.3 is 12.2 Å². The van der Waals surface area contributed by atoms with Crippen LogP contribution in [0, 0.1) is 5.92 Å². The number of carbonyl (C=O) groups is 2. The lowest BCUT2D eigenvalue weighted by molar-refractivity contribution is -0.0828. The summed E-state index contributed by atoms with van der Waals surface area (Å²) in [6, 6.07) is 16.0. The highest BCUT2D eigenvalue weighted by molar-refractivity contribution is 5.70. The summed E-state index contributed by atoms with van der Waals surface area (Å²) in [6.07, 6.45) is -0.935. The van der Waals surface area contributed by atoms with E-state index in [4.69, 9.17) is 14.2 Å². The number of benzene rings is 2. The molecule has 0 aliphatic carbocycles. The summed E-state index contributed by atoms with van der Waals surface area (Å²) in [6.45, 7) is 14.1. The highest BCUT2D eigenvalue weighted by Crippen LogP contribution is 2.36. The second-order valence-corrected chi connectivity index (χ2v) is 11.7. The molecule has 0 spiro atoms. The van der Waals surface area contributed by atoms with Gasteiger partial charge in [0.15, 0.2) is 0 Å². The zero-order valence-corrected chi connectivity index (χ0v) is 23.6. The molecule has 3 rings (SSSR count). The molecule has 208 valence electrons. The molecule has 1 heterocycles. The summed E-state index contributed by atoms with van der Waals surface area (Å²) >= 11 is 0. The van der Waals surface area contributed by atoms with E-state index in [1.54, 1.807) is 21.9 Å². The van der Waals surface area contributed by atoms with Crippen LogP contribution in [-0.4, -0.2) is 63.7 Å². The molecule has 1 aliphatic rings. The maximum absolute atomic E-state index is 13.4. The van der Waals surface area contributed by atoms with E-state index in [1.807, 2.05) is 90.9 Å². The van der Waals surface area contributed by atoms with E-state index >= 15 is 0 Å². The van der Waals surface area contributed by atoms with Gasteiger partial charge in [-0.15, -0.1) is 0 Å². The third-order valence-electron chi connectivity index (χ3n) is 6.20. The summed E-state index contributed by atoms with van der Waals surface area (Å²) in [4.78, 5) is 29.9. The van der Waals surface area contributed by atoms with Crippen molar-refractivity contribution in [3.8, 4) is 5.75 Å². The Balaban J connectivity index is 1.87. The van der Waals surface area contributed by atoms with Gasteiger partial charge in [0.2, 0.25) is 0 Å². The van der Waals surface area contributed by atoms with Crippen LogP contribution in [0.3, 0.4) is 0 Å². The second kappa shape index (κ2) is 12.1. The molecule has 0 unspecified atom stereocenters. The minimum Gasteiger partial charge on any atom is -0.508 e. The minimum atomic E-state index is -0.966. The predicted octanol–water partition coefficient (Wildman–Crippen LogP) is 5.97. The van der Waals surface area contributed by atoms with Crippen LogP contribution in [0.15, 0.2) is 54.6 Å². The number of hydrogen-bond donors (Lipinski definition) is 1. The van der Waals surface area contributed by atoms with Crippen LogP contribution in [-0.2, 0) is 27.2 Å². The van der Waals surface area contributed by atoms with Gasteiger partial charge in [-0.2, -0.15) is 0 Å². The molecule has 2 aromatic rings. The highest BCUT2D eigenvalue weighted by atomic mass is 16.6. The molecule has 2 amide bonds. The summed E-state index contributed by atoms with van der Waals surface area (Å²) in [5.74, 6) is 0.368. The number of amides is 2. The maximum Gasteiger partial charge on any atom is 0.412 e. The Morgan fingerprint density at radius 3 is 2.26 bits per heavy atom. The molecule has 2 atom stereocenters. The monoisotopic (exact) mass is 526 g/mol. The lowest BCUT2D eigenvalue weighted by Crippen LogP contribution is -2.52. The molecule has 2 aromatic carbocycles. The third-order valence-corrected chi connectivity index (χ3v) is 6.20. The molecule has 8 heteroatoms. The number of aromatic hydroxyl groups is 1. The van der Waals surface area contributed by atoms with E-state index in [2.05, 4.69) is 0 Å². The van der Waals surface area contributed by atoms with Gasteiger partial charge < -0.3 is 24.2 Å². The van der Waals surface area contributed by atoms with Crippen LogP contribution >= 0.6 is 0 Å². The number of rotatable bonds is 8. The Morgan fingerprint density at radius 2 is 1.68 bits per heavy atom. The van der Waals surface area contributed by atoms with Gasteiger partial charge in [0.25, 0.3) is 0 Å². The summed E-state index contributed by atoms with van der Waals surface area (Å²) < 4.78 is 17.9. The zero-order valence-electron chi connectivity index (χ0n) is 23.6. The Labute approximate surface area is 226 Å². The first kappa shape index (κ1) is 29.3. The average molecular weight is 527 g/mol. The van der Waals surface area contributed by atoms with Crippen molar-refractivity contribution in [2.75, 3.05) is 13.1 Å². The van der Waals surface area contributed by atoms with E-state index < -0.39 is 35.7 Å². The Bertz CT molecular complexity index is 1060. The van der Waals surface area contributed by atoms with Crippen LogP contribution in [0.1, 0.15) is 59.6 Å². The number of nitrogens with zero attached hydrogens (tertiary/aromatic N) is 2. The van der Waals surface area contributed by atoms with Gasteiger partial charge in [-0.25, -0.2) is 9.59 Å². The lowest BCUT2D eigenvalue weighted by Gasteiger charge is -2.35. The quantitative estimate of drug-likeness (QED) is 0.456. The molecular weight excluding hydrogens is 484 g/mol. The Kier molecular flexibility index (Phi) is 9.31. The smallest absolute Gasteiger partial charge is 0.412 e. The number of ether oxygens (including phenoxy) is 3. The molecule has 0 saturated carbocycles. The molecule has 1 saturated heterocycles. The van der Waals surface area contributed by atoms with Gasteiger partial charge in [0, 0.05) is 6.54 Å². The van der Waals surface area contributed by atoms with Crippen molar-refractivity contribution in [1.29, 1.82) is 0 Å². The van der Waals surface area contributed by atoms with Crippen molar-refractivity contribution < 1.29 is 28.9 Å². The van der Waals surface area contributed by atoms with Crippen molar-refractivity contribution >= 4 is 12.2 Å². The summed E-state index contributed by atoms with van der Waals surface area (Å²) in [7, 11) is 0. The average Bonchev–Trinajstić information content (AvgIpc) is 3.06. The molecule has 8 nitrogen and oxygen atoms in total. The Morgan fingerprint density at radius 1 is 1.05 bits per heavy atom. The van der Waals surface area contributed by atoms with Crippen LogP contribution in [0.25, 0.3) is 0 Å². The zero-order chi connectivity index (χ0) is 28.1. The van der Waals surface area contributed by atoms with E-state index in [0.29, 0.717) is 13.0 Å². The van der Waals surface area contributed by atoms with Gasteiger partial charge in [0.1, 0.15) is 23.7 Å². The van der Waals surface area contributed by atoms with Crippen LogP contribution in [0.4, 0.5) is 9.59 Å². The third kappa shape index (κ3) is 8.12. The first-order chi connectivity index (χ1) is 17.7. The molecule has 1 fully saturated rings. The van der Waals surface area contributed by atoms with Gasteiger partial charge in [0.05, 0.1) is 18.7 Å². The SMILES string of the molecule is CC(C)CN(C[C@H]1OC(C)(C)N(C(=O)OC(C)(C)C)[C@H]1Cc1ccc(O)cc1)C(=O)OCc1ccccc1. The van der Waals surface area contributed by atoms with Gasteiger partial charge in [-0.3, -0.25) is 4.90 Å². The Hall–Kier alpha value is -3.26. The fourth-order valence-corrected chi connectivity index (χ4v) is 4.69. The van der Waals surface area contributed by atoms with Crippen molar-refractivity contribution in [2.45, 2.75) is 85.0 Å². The minimum absolute atomic E-state index is 0.168. The number of phenols is 1. The van der Waals surface area contributed by atoms with Crippen molar-refractivity contribution in [1.82, 2.24) is 9.80 Å². The molecule has 38 heavy (non-hydrogen) atoms. The fraction of sp³-hybridized carbons (Fsp3) is 0.533. The second-order valence-electron chi connectivity index (χ2n) is 11.7. The number of hydrogen-bond acceptors (Lipinski definition) is 6. The highest BCUT2D eigenvalue weighted by Gasteiger charge is 2.51. The number of phenolic OH excluding ortho intramolecular Hbond substituents is 1. The lowest BCUT2D eigenvalue weighted by atomic mass is 9.99. The summed E-state index contributed by atoms with van der Waals surface area (Å²) in [5.41, 5.74) is 0.185. The molecule has 0 bridgehead atoms. The normalized spacial score (nSPS) is 18.9. The van der Waals surface area contributed by atoms with Gasteiger partial charge in [-0.05, 0) is 70.2 Å². The first-order valence-corrected chi connectivity index (χ1v) is 13.2. The molecule has 1 aliphatic heterocycles. The van der Waals surface area contributed by atoms with Crippen molar-refractivity contribution in [2.24, 2.45) is 5.92 Å². The molecule has 0 radical (unpaired) electrons. The van der Waals surface area contributed by atoms with Crippen LogP contribution < -0.4 is 0 Å². The molecule has 0 aromatic heterocycles. The van der Waals surface area contributed by atoms with E-state index in [-0.39, 0.29) is 24.8 Å². The van der Waals surface area contributed by atoms with Crippen molar-refractivity contribution in [3.05, 3.63) is 65.7 Å². The molecular formula is C30H42N2O6. The summed E-state index contributed by atoms with van der Waals surface area (Å²) in [5, 5.41) is 9.75. The van der Waals surface area contributed by atoms with Crippen molar-refractivity contribution in [3.63, 3.8) is 0 Å². The van der Waals surface area contributed by atoms with Crippen LogP contribution in [0.5, 0.6) is 5.75 Å². The van der Waals surface area contributed by atoms with E-state index in [1.165, 1.54) is 0 Å². The number of carbonyl (C=O) groups excluding carboxylic acids is 2. The topological polar surface area (TPSA) is 88.5 Å². The van der Waals surface area contributed by atoms with E-state index in [0.717, 1.165) is 11.1 Å². The maximum atomic E-state index is 13.4. The van der Waals surface area contributed by atoms with Crippen LogP contribution in [0.2, 0.25) is 0 Å². The fourth-order valence-electron chi connectivity index (χ4n) is 4.69. The largest absolute Gasteiger partial charge is 0.508 e. The van der Waals surface area contributed by atoms with E-state index in [9.17, 15) is 14.7 Å².